The zero-order valence-electron chi connectivity index (χ0n) is 18.6. The molecule has 1 aromatic heterocycles. The van der Waals surface area contributed by atoms with E-state index in [0.717, 1.165) is 29.8 Å². The molecule has 3 heterocycles. The van der Waals surface area contributed by atoms with Gasteiger partial charge in [-0.1, -0.05) is 38.1 Å². The van der Waals surface area contributed by atoms with Gasteiger partial charge in [0.05, 0.1) is 4.90 Å². The van der Waals surface area contributed by atoms with E-state index in [0.29, 0.717) is 18.7 Å². The van der Waals surface area contributed by atoms with Gasteiger partial charge in [-0.25, -0.2) is 13.4 Å². The molecule has 0 radical (unpaired) electrons. The van der Waals surface area contributed by atoms with Crippen molar-refractivity contribution in [2.24, 2.45) is 10.9 Å². The van der Waals surface area contributed by atoms with Gasteiger partial charge < -0.3 is 9.32 Å². The number of carbonyl (C=O) groups is 1. The highest BCUT2D eigenvalue weighted by Gasteiger charge is 2.35. The first kappa shape index (κ1) is 21.6. The number of nitrogens with one attached hydrogen (secondary N) is 1. The van der Waals surface area contributed by atoms with E-state index < -0.39 is 16.1 Å². The molecule has 0 spiro atoms. The molecule has 1 saturated heterocycles. The third-order valence-corrected chi connectivity index (χ3v) is 7.68. The number of fused-ring (bicyclic) bond motifs is 2. The molecule has 2 aliphatic rings. The third kappa shape index (κ3) is 4.01. The second kappa shape index (κ2) is 8.30. The largest absolute Gasteiger partial charge is 0.440 e. The number of aromatic nitrogens is 1. The zero-order valence-corrected chi connectivity index (χ0v) is 19.4. The standard InChI is InChI=1S/C24H26N4O4S/c1-15(2)21(26-22-17-7-3-6-10-20(17)33(30,31)27-22)24(29)28-13-11-16(12-14-28)23-25-18-8-4-5-9-19(18)32-23/h3-10,15-16,21H,11-14H2,1-2H3,(H,26,27)/t21-/m0/s1. The summed E-state index contributed by atoms with van der Waals surface area (Å²) in [6.07, 6.45) is 1.52. The van der Waals surface area contributed by atoms with Crippen LogP contribution in [0.4, 0.5) is 0 Å². The summed E-state index contributed by atoms with van der Waals surface area (Å²) in [7, 11) is -3.65. The van der Waals surface area contributed by atoms with Crippen molar-refractivity contribution in [3.8, 4) is 0 Å². The molecule has 33 heavy (non-hydrogen) atoms. The van der Waals surface area contributed by atoms with E-state index in [-0.39, 0.29) is 28.5 Å². The normalized spacial score (nSPS) is 20.2. The van der Waals surface area contributed by atoms with Crippen LogP contribution in [0.15, 0.2) is 62.8 Å². The van der Waals surface area contributed by atoms with Crippen molar-refractivity contribution in [3.05, 3.63) is 60.0 Å². The molecule has 1 atom stereocenters. The quantitative estimate of drug-likeness (QED) is 0.635. The number of likely N-dealkylation sites (tertiary alicyclic amines) is 1. The molecule has 172 valence electrons. The average Bonchev–Trinajstić information content (AvgIpc) is 3.36. The number of hydrogen-bond donors (Lipinski definition) is 1. The predicted molar refractivity (Wildman–Crippen MR) is 124 cm³/mol. The van der Waals surface area contributed by atoms with Crippen molar-refractivity contribution < 1.29 is 17.6 Å². The monoisotopic (exact) mass is 466 g/mol. The van der Waals surface area contributed by atoms with Crippen molar-refractivity contribution >= 4 is 32.9 Å². The number of benzene rings is 2. The van der Waals surface area contributed by atoms with Crippen LogP contribution in [0.25, 0.3) is 11.1 Å². The molecule has 1 fully saturated rings. The van der Waals surface area contributed by atoms with Gasteiger partial charge in [0, 0.05) is 24.6 Å². The van der Waals surface area contributed by atoms with Crippen LogP contribution in [0.1, 0.15) is 44.1 Å². The Bertz CT molecular complexity index is 1300. The molecule has 0 bridgehead atoms. The van der Waals surface area contributed by atoms with E-state index in [1.54, 1.807) is 24.3 Å². The van der Waals surface area contributed by atoms with Crippen LogP contribution in [-0.4, -0.2) is 49.2 Å². The molecular weight excluding hydrogens is 440 g/mol. The Balaban J connectivity index is 1.32. The lowest BCUT2D eigenvalue weighted by molar-refractivity contribution is -0.134. The van der Waals surface area contributed by atoms with Crippen molar-refractivity contribution in [2.75, 3.05) is 13.1 Å². The molecule has 3 aromatic rings. The van der Waals surface area contributed by atoms with Gasteiger partial charge in [-0.2, -0.15) is 0 Å². The van der Waals surface area contributed by atoms with Crippen LogP contribution in [0, 0.1) is 5.92 Å². The Morgan fingerprint density at radius 2 is 1.82 bits per heavy atom. The van der Waals surface area contributed by atoms with Crippen molar-refractivity contribution in [3.63, 3.8) is 0 Å². The van der Waals surface area contributed by atoms with Crippen molar-refractivity contribution in [2.45, 2.75) is 43.5 Å². The van der Waals surface area contributed by atoms with Crippen LogP contribution in [0.3, 0.4) is 0 Å². The molecule has 9 heteroatoms. The minimum absolute atomic E-state index is 0.0860. The van der Waals surface area contributed by atoms with Gasteiger partial charge >= 0.3 is 0 Å². The first-order valence-electron chi connectivity index (χ1n) is 11.2. The third-order valence-electron chi connectivity index (χ3n) is 6.28. The number of carbonyl (C=O) groups excluding carboxylic acids is 1. The van der Waals surface area contributed by atoms with Gasteiger partial charge in [-0.05, 0) is 43.0 Å². The van der Waals surface area contributed by atoms with E-state index >= 15 is 0 Å². The lowest BCUT2D eigenvalue weighted by Gasteiger charge is -2.33. The molecule has 0 aliphatic carbocycles. The van der Waals surface area contributed by atoms with Crippen LogP contribution < -0.4 is 4.72 Å². The van der Waals surface area contributed by atoms with Crippen LogP contribution >= 0.6 is 0 Å². The summed E-state index contributed by atoms with van der Waals surface area (Å²) in [6.45, 7) is 5.01. The molecule has 0 saturated carbocycles. The summed E-state index contributed by atoms with van der Waals surface area (Å²) in [4.78, 5) is 24.6. The fraction of sp³-hybridized carbons (Fsp3) is 0.375. The Hall–Kier alpha value is -3.20. The van der Waals surface area contributed by atoms with Gasteiger partial charge in [0.2, 0.25) is 5.91 Å². The van der Waals surface area contributed by atoms with Crippen LogP contribution in [-0.2, 0) is 14.8 Å². The smallest absolute Gasteiger partial charge is 0.263 e. The minimum Gasteiger partial charge on any atom is -0.440 e. The minimum atomic E-state index is -3.65. The van der Waals surface area contributed by atoms with Crippen LogP contribution in [0.5, 0.6) is 0 Å². The SMILES string of the molecule is CC(C)[C@H](N=C1NS(=O)(=O)c2ccccc21)C(=O)N1CCC(c2nc3ccccc3o2)CC1. The molecule has 0 unspecified atom stereocenters. The number of para-hydroxylation sites is 2. The number of sulfonamides is 1. The maximum absolute atomic E-state index is 13.4. The average molecular weight is 467 g/mol. The fourth-order valence-electron chi connectivity index (χ4n) is 4.46. The number of amides is 1. The molecule has 1 N–H and O–H groups in total. The lowest BCUT2D eigenvalue weighted by Crippen LogP contribution is -2.45. The first-order chi connectivity index (χ1) is 15.8. The Morgan fingerprint density at radius 1 is 1.12 bits per heavy atom. The van der Waals surface area contributed by atoms with E-state index in [1.165, 1.54) is 0 Å². The fourth-order valence-corrected chi connectivity index (χ4v) is 5.70. The molecule has 1 amide bonds. The second-order valence-electron chi connectivity index (χ2n) is 8.89. The summed E-state index contributed by atoms with van der Waals surface area (Å²) >= 11 is 0. The summed E-state index contributed by atoms with van der Waals surface area (Å²) in [6, 6.07) is 13.7. The number of nitrogens with zero attached hydrogens (tertiary/aromatic N) is 3. The molecule has 2 aromatic carbocycles. The highest BCUT2D eigenvalue weighted by molar-refractivity contribution is 7.90. The van der Waals surface area contributed by atoms with Crippen LogP contribution in [0.2, 0.25) is 0 Å². The number of amidine groups is 1. The van der Waals surface area contributed by atoms with Gasteiger partial charge in [0.15, 0.2) is 11.5 Å². The maximum atomic E-state index is 13.4. The Morgan fingerprint density at radius 3 is 2.55 bits per heavy atom. The number of aliphatic imine (C=N–C) groups is 1. The van der Waals surface area contributed by atoms with Crippen molar-refractivity contribution in [1.82, 2.24) is 14.6 Å². The summed E-state index contributed by atoms with van der Waals surface area (Å²) in [5, 5.41) is 0. The molecule has 5 rings (SSSR count). The summed E-state index contributed by atoms with van der Waals surface area (Å²) < 4.78 is 33.3. The van der Waals surface area contributed by atoms with Gasteiger partial charge in [-0.15, -0.1) is 0 Å². The second-order valence-corrected chi connectivity index (χ2v) is 10.5. The highest BCUT2D eigenvalue weighted by atomic mass is 32.2. The number of piperidine rings is 1. The topological polar surface area (TPSA) is 105 Å². The van der Waals surface area contributed by atoms with E-state index in [4.69, 9.17) is 4.42 Å². The molecule has 2 aliphatic heterocycles. The number of oxazole rings is 1. The van der Waals surface area contributed by atoms with Gasteiger partial charge in [0.25, 0.3) is 10.0 Å². The van der Waals surface area contributed by atoms with Crippen molar-refractivity contribution in [1.29, 1.82) is 0 Å². The highest BCUT2D eigenvalue weighted by Crippen LogP contribution is 2.31. The van der Waals surface area contributed by atoms with E-state index in [1.807, 2.05) is 43.0 Å². The van der Waals surface area contributed by atoms with Gasteiger partial charge in [0.1, 0.15) is 17.4 Å². The predicted octanol–water partition coefficient (Wildman–Crippen LogP) is 3.30. The lowest BCUT2D eigenvalue weighted by atomic mass is 9.95. The Labute approximate surface area is 192 Å². The molecular formula is C24H26N4O4S. The maximum Gasteiger partial charge on any atom is 0.263 e. The first-order valence-corrected chi connectivity index (χ1v) is 12.7. The van der Waals surface area contributed by atoms with Gasteiger partial charge in [-0.3, -0.25) is 14.5 Å². The molecule has 8 nitrogen and oxygen atoms in total. The summed E-state index contributed by atoms with van der Waals surface area (Å²) in [5.41, 5.74) is 2.13. The number of rotatable bonds is 4. The Kier molecular flexibility index (Phi) is 5.44. The summed E-state index contributed by atoms with van der Waals surface area (Å²) in [5.74, 6) is 0.952. The van der Waals surface area contributed by atoms with E-state index in [9.17, 15) is 13.2 Å². The number of hydrogen-bond acceptors (Lipinski definition) is 6. The zero-order chi connectivity index (χ0) is 23.2. The van der Waals surface area contributed by atoms with E-state index in [2.05, 4.69) is 14.7 Å².